The third-order valence-electron chi connectivity index (χ3n) is 9.68. The summed E-state index contributed by atoms with van der Waals surface area (Å²) in [7, 11) is 0. The van der Waals surface area contributed by atoms with Crippen molar-refractivity contribution in [1.82, 2.24) is 31.2 Å². The summed E-state index contributed by atoms with van der Waals surface area (Å²) in [5.74, 6) is -1.62. The summed E-state index contributed by atoms with van der Waals surface area (Å²) in [4.78, 5) is 73.8. The van der Waals surface area contributed by atoms with Gasteiger partial charge >= 0.3 is 0 Å². The van der Waals surface area contributed by atoms with Crippen LogP contribution in [0.15, 0.2) is 51.1 Å². The summed E-state index contributed by atoms with van der Waals surface area (Å²) in [6.07, 6.45) is -0.151. The molecule has 4 N–H and O–H groups in total. The molecule has 9 atom stereocenters. The van der Waals surface area contributed by atoms with Gasteiger partial charge in [-0.05, 0) is 44.6 Å². The number of thiazole rings is 2. The molecule has 4 amide bonds. The monoisotopic (exact) mass is 762 g/mol. The van der Waals surface area contributed by atoms with E-state index in [1.807, 2.05) is 65.0 Å². The first-order valence-corrected chi connectivity index (χ1v) is 19.7. The Hall–Kier alpha value is -4.70. The number of nitrogens with zero attached hydrogens (tertiary/aromatic N) is 4. The van der Waals surface area contributed by atoms with Crippen LogP contribution in [0.5, 0.6) is 0 Å². The fourth-order valence-corrected chi connectivity index (χ4v) is 7.97. The number of carbonyl (C=O) groups is 4. The highest BCUT2D eigenvalue weighted by atomic mass is 32.1. The van der Waals surface area contributed by atoms with Crippen molar-refractivity contribution >= 4 is 58.1 Å². The van der Waals surface area contributed by atoms with Crippen LogP contribution >= 0.6 is 22.7 Å². The van der Waals surface area contributed by atoms with Crippen LogP contribution in [0.2, 0.25) is 0 Å². The molecule has 8 bridgehead atoms. The van der Waals surface area contributed by atoms with Gasteiger partial charge in [0.1, 0.15) is 45.7 Å². The minimum absolute atomic E-state index is 0.184. The maximum atomic E-state index is 14.0. The number of amides is 4. The molecule has 1 aromatic carbocycles. The van der Waals surface area contributed by atoms with Gasteiger partial charge in [-0.1, -0.05) is 64.4 Å². The van der Waals surface area contributed by atoms with Gasteiger partial charge in [0.25, 0.3) is 0 Å². The molecule has 0 spiro atoms. The van der Waals surface area contributed by atoms with Gasteiger partial charge in [-0.2, -0.15) is 0 Å². The smallest absolute Gasteiger partial charge is 0.249 e. The van der Waals surface area contributed by atoms with Crippen molar-refractivity contribution in [3.05, 3.63) is 68.1 Å². The highest BCUT2D eigenvalue weighted by molar-refractivity contribution is 7.10. The molecule has 2 aromatic heterocycles. The van der Waals surface area contributed by atoms with Gasteiger partial charge in [0.15, 0.2) is 12.1 Å². The summed E-state index contributed by atoms with van der Waals surface area (Å²) in [5, 5.41) is 16.7. The van der Waals surface area contributed by atoms with Gasteiger partial charge in [-0.3, -0.25) is 19.2 Å². The van der Waals surface area contributed by atoms with Crippen molar-refractivity contribution in [2.75, 3.05) is 0 Å². The molecule has 5 heterocycles. The number of nitrogens with one attached hydrogen (secondary N) is 4. The van der Waals surface area contributed by atoms with Crippen molar-refractivity contribution in [3.63, 3.8) is 0 Å². The third kappa shape index (κ3) is 8.43. The predicted octanol–water partition coefficient (Wildman–Crippen LogP) is 3.63. The second-order valence-corrected chi connectivity index (χ2v) is 15.9. The van der Waals surface area contributed by atoms with Crippen molar-refractivity contribution in [3.8, 4) is 0 Å². The molecule has 0 aliphatic carbocycles. The maximum absolute atomic E-state index is 14.0. The van der Waals surface area contributed by atoms with Crippen LogP contribution in [0, 0.1) is 11.8 Å². The first kappa shape index (κ1) is 38.0. The number of fused-ring (bicyclic) bond motifs is 8. The highest BCUT2D eigenvalue weighted by Gasteiger charge is 2.40. The topological polar surface area (TPSA) is 185 Å². The van der Waals surface area contributed by atoms with Crippen molar-refractivity contribution in [2.45, 2.75) is 110 Å². The zero-order valence-electron chi connectivity index (χ0n) is 30.8. The Morgan fingerprint density at radius 1 is 0.698 bits per heavy atom. The van der Waals surface area contributed by atoms with E-state index in [1.54, 1.807) is 24.6 Å². The lowest BCUT2D eigenvalue weighted by Crippen LogP contribution is -2.53. The molecule has 14 nitrogen and oxygen atoms in total. The lowest BCUT2D eigenvalue weighted by molar-refractivity contribution is -0.131. The second-order valence-electron chi connectivity index (χ2n) is 14.1. The van der Waals surface area contributed by atoms with E-state index in [1.165, 1.54) is 22.7 Å². The number of aliphatic imine (C=N–C) groups is 2. The summed E-state index contributed by atoms with van der Waals surface area (Å²) in [6, 6.07) is 5.13. The molecule has 16 heteroatoms. The van der Waals surface area contributed by atoms with Gasteiger partial charge in [-0.25, -0.2) is 20.0 Å². The fourth-order valence-electron chi connectivity index (χ4n) is 6.32. The largest absolute Gasteiger partial charge is 0.470 e. The number of hydrogen-bond acceptors (Lipinski definition) is 12. The molecule has 0 radical (unpaired) electrons. The molecule has 0 fully saturated rings. The average molecular weight is 763 g/mol. The Morgan fingerprint density at radius 2 is 1.23 bits per heavy atom. The first-order valence-electron chi connectivity index (χ1n) is 18.0. The van der Waals surface area contributed by atoms with Crippen LogP contribution in [-0.2, 0) is 35.1 Å². The van der Waals surface area contributed by atoms with Crippen LogP contribution < -0.4 is 21.3 Å². The van der Waals surface area contributed by atoms with E-state index in [0.29, 0.717) is 34.2 Å². The Labute approximate surface area is 316 Å². The summed E-state index contributed by atoms with van der Waals surface area (Å²) in [5.41, 5.74) is 1.84. The van der Waals surface area contributed by atoms with E-state index in [0.717, 1.165) is 5.56 Å². The second kappa shape index (κ2) is 16.1. The average Bonchev–Trinajstić information content (AvgIpc) is 3.95. The van der Waals surface area contributed by atoms with E-state index < -0.39 is 60.3 Å². The molecule has 282 valence electrons. The predicted molar refractivity (Wildman–Crippen MR) is 202 cm³/mol. The summed E-state index contributed by atoms with van der Waals surface area (Å²) in [6.45, 7) is 12.9. The normalized spacial score (nSPS) is 28.7. The minimum atomic E-state index is -0.910. The molecule has 3 aliphatic heterocycles. The zero-order valence-corrected chi connectivity index (χ0v) is 32.4. The minimum Gasteiger partial charge on any atom is -0.470 e. The molecule has 53 heavy (non-hydrogen) atoms. The number of carbonyl (C=O) groups excluding carboxylic acids is 4. The molecular formula is C37H46N8O6S2. The van der Waals surface area contributed by atoms with Gasteiger partial charge in [-0.15, -0.1) is 22.7 Å². The van der Waals surface area contributed by atoms with E-state index >= 15 is 0 Å². The number of hydrogen-bond donors (Lipinski definition) is 4. The van der Waals surface area contributed by atoms with Crippen LogP contribution in [0.3, 0.4) is 0 Å². The van der Waals surface area contributed by atoms with Crippen LogP contribution in [0.25, 0.3) is 0 Å². The van der Waals surface area contributed by atoms with Gasteiger partial charge in [0.2, 0.25) is 35.4 Å². The molecule has 3 aliphatic rings. The zero-order chi connectivity index (χ0) is 38.0. The van der Waals surface area contributed by atoms with Gasteiger partial charge < -0.3 is 30.7 Å². The SMILES string of the molecule is CCC(C)C1NC(=O)C2N=C(OC2C)c2csc(n2)C(Cc2ccccc2)NC(=O)C(C(C)C)NC(=O)C2N=C(OC2C)c2csc(n2)C(C)NC1=O. The van der Waals surface area contributed by atoms with E-state index in [4.69, 9.17) is 14.5 Å². The lowest BCUT2D eigenvalue weighted by Gasteiger charge is -2.26. The Morgan fingerprint density at radius 3 is 1.79 bits per heavy atom. The van der Waals surface area contributed by atoms with E-state index in [9.17, 15) is 19.2 Å². The number of benzene rings is 1. The Bertz CT molecular complexity index is 1890. The molecular weight excluding hydrogens is 717 g/mol. The van der Waals surface area contributed by atoms with Crippen molar-refractivity contribution in [1.29, 1.82) is 0 Å². The van der Waals surface area contributed by atoms with Crippen LogP contribution in [0.1, 0.15) is 93.9 Å². The van der Waals surface area contributed by atoms with Crippen molar-refractivity contribution < 1.29 is 28.7 Å². The molecule has 9 unspecified atom stereocenters. The summed E-state index contributed by atoms with van der Waals surface area (Å²) >= 11 is 2.65. The third-order valence-corrected chi connectivity index (χ3v) is 11.7. The first-order chi connectivity index (χ1) is 25.3. The summed E-state index contributed by atoms with van der Waals surface area (Å²) < 4.78 is 12.1. The standard InChI is InChI=1S/C37H46N8O6S2/c1-8-18(4)27-31(47)38-19(5)36-40-24(15-52-36)34-44-28(20(6)50-34)32(48)42-26(17(2)3)30(46)39-23(14-22-12-10-9-11-13-22)37-41-25(16-53-37)35-45-29(21(7)51-35)33(49)43-27/h9-13,15-21,23,26-29H,8,14H2,1-7H3,(H,38,47)(H,39,46)(H,42,48)(H,43,49). The fraction of sp³-hybridized carbons (Fsp3) is 0.514. The highest BCUT2D eigenvalue weighted by Crippen LogP contribution is 2.28. The molecule has 0 saturated heterocycles. The van der Waals surface area contributed by atoms with Gasteiger partial charge in [0, 0.05) is 10.8 Å². The number of ether oxygens (including phenoxy) is 2. The van der Waals surface area contributed by atoms with E-state index in [-0.39, 0.29) is 35.4 Å². The maximum Gasteiger partial charge on any atom is 0.249 e. The number of rotatable bonds is 5. The van der Waals surface area contributed by atoms with Crippen LogP contribution in [0.4, 0.5) is 0 Å². The lowest BCUT2D eigenvalue weighted by atomic mass is 9.97. The van der Waals surface area contributed by atoms with Crippen molar-refractivity contribution in [2.24, 2.45) is 21.8 Å². The van der Waals surface area contributed by atoms with Crippen LogP contribution in [-0.4, -0.2) is 81.8 Å². The quantitative estimate of drug-likeness (QED) is 0.304. The molecule has 3 aromatic rings. The number of aromatic nitrogens is 2. The van der Waals surface area contributed by atoms with E-state index in [2.05, 4.69) is 36.2 Å². The molecule has 6 rings (SSSR count). The Kier molecular flexibility index (Phi) is 11.6. The Balaban J connectivity index is 1.37. The van der Waals surface area contributed by atoms with Gasteiger partial charge in [0.05, 0.1) is 12.1 Å². The molecule has 0 saturated carbocycles.